The maximum absolute atomic E-state index is 16.0. The molecule has 2 aromatic rings. The van der Waals surface area contributed by atoms with E-state index in [-0.39, 0.29) is 30.8 Å². The summed E-state index contributed by atoms with van der Waals surface area (Å²) in [6.45, 7) is 3.17. The molecule has 56 heavy (non-hydrogen) atoms. The van der Waals surface area contributed by atoms with Gasteiger partial charge in [-0.1, -0.05) is 25.0 Å². The third-order valence-corrected chi connectivity index (χ3v) is 12.7. The molecule has 6 heterocycles. The molecule has 8 rings (SSSR count). The summed E-state index contributed by atoms with van der Waals surface area (Å²) < 4.78 is 31.0. The molecule has 3 amide bonds. The number of imide groups is 1. The van der Waals surface area contributed by atoms with E-state index < -0.39 is 23.3 Å². The van der Waals surface area contributed by atoms with Crippen LogP contribution in [0.4, 0.5) is 20.3 Å². The number of likely N-dealkylation sites (N-methyl/N-ethyl adjacent to an activating group) is 1. The van der Waals surface area contributed by atoms with E-state index in [1.807, 2.05) is 24.5 Å². The number of hydrogen-bond donors (Lipinski definition) is 3. The predicted octanol–water partition coefficient (Wildman–Crippen LogP) is 4.96. The van der Waals surface area contributed by atoms with Crippen LogP contribution in [0.1, 0.15) is 87.7 Å². The molecule has 2 atom stereocenters. The minimum atomic E-state index is -1.33. The molecule has 1 aromatic carbocycles. The fraction of sp³-hybridized carbons (Fsp3) is 0.548. The first kappa shape index (κ1) is 38.0. The molecule has 1 saturated carbocycles. The molecule has 1 aliphatic carbocycles. The Morgan fingerprint density at radius 2 is 1.77 bits per heavy atom. The maximum Gasteiger partial charge on any atom is 0.269 e. The maximum atomic E-state index is 16.0. The number of carbonyl (C=O) groups is 3. The van der Waals surface area contributed by atoms with Gasteiger partial charge in [-0.15, -0.1) is 0 Å². The summed E-state index contributed by atoms with van der Waals surface area (Å²) in [4.78, 5) is 55.1. The Balaban J connectivity index is 0.795. The highest BCUT2D eigenvalue weighted by molar-refractivity contribution is 6.01. The second-order valence-electron chi connectivity index (χ2n) is 16.5. The number of nitrogens with one attached hydrogen (secondary N) is 3. The van der Waals surface area contributed by atoms with Crippen LogP contribution in [0.2, 0.25) is 0 Å². The van der Waals surface area contributed by atoms with Gasteiger partial charge in [0.15, 0.2) is 6.17 Å². The molecule has 3 N–H and O–H groups in total. The molecular weight excluding hydrogens is 717 g/mol. The van der Waals surface area contributed by atoms with E-state index in [0.29, 0.717) is 79.5 Å². The van der Waals surface area contributed by atoms with E-state index in [1.54, 1.807) is 31.1 Å². The van der Waals surface area contributed by atoms with E-state index in [4.69, 9.17) is 9.98 Å². The van der Waals surface area contributed by atoms with Crippen LogP contribution in [0.15, 0.2) is 65.1 Å². The quantitative estimate of drug-likeness (QED) is 0.304. The molecule has 3 saturated heterocycles. The Morgan fingerprint density at radius 3 is 2.45 bits per heavy atom. The van der Waals surface area contributed by atoms with Gasteiger partial charge in [-0.25, -0.2) is 18.8 Å². The predicted molar refractivity (Wildman–Crippen MR) is 211 cm³/mol. The minimum Gasteiger partial charge on any atom is -0.370 e. The van der Waals surface area contributed by atoms with Crippen molar-refractivity contribution in [3.05, 3.63) is 77.0 Å². The van der Waals surface area contributed by atoms with Crippen molar-refractivity contribution in [1.82, 2.24) is 30.3 Å². The van der Waals surface area contributed by atoms with Crippen molar-refractivity contribution in [2.24, 2.45) is 4.99 Å². The lowest BCUT2D eigenvalue weighted by Gasteiger charge is -2.44. The number of anilines is 2. The van der Waals surface area contributed by atoms with E-state index in [9.17, 15) is 14.4 Å². The molecule has 4 fully saturated rings. The van der Waals surface area contributed by atoms with E-state index in [0.717, 1.165) is 62.9 Å². The van der Waals surface area contributed by atoms with E-state index >= 15 is 8.78 Å². The molecule has 5 aliphatic heterocycles. The lowest BCUT2D eigenvalue weighted by molar-refractivity contribution is -0.134. The number of pyridine rings is 1. The van der Waals surface area contributed by atoms with Crippen molar-refractivity contribution in [3.63, 3.8) is 0 Å². The topological polar surface area (TPSA) is 126 Å². The average Bonchev–Trinajstić information content (AvgIpc) is 3.86. The molecule has 1 aromatic heterocycles. The lowest BCUT2D eigenvalue weighted by Crippen LogP contribution is -2.50. The summed E-state index contributed by atoms with van der Waals surface area (Å²) in [6, 6.07) is 9.52. The smallest absolute Gasteiger partial charge is 0.269 e. The zero-order chi connectivity index (χ0) is 39.0. The van der Waals surface area contributed by atoms with Crippen LogP contribution in [-0.2, 0) is 20.8 Å². The molecule has 12 nitrogen and oxygen atoms in total. The summed E-state index contributed by atoms with van der Waals surface area (Å²) in [5.74, 6) is -0.374. The summed E-state index contributed by atoms with van der Waals surface area (Å²) in [7, 11) is 3.57. The average molecular weight is 770 g/mol. The number of fused-ring (bicyclic) bond motifs is 1. The van der Waals surface area contributed by atoms with Crippen LogP contribution in [-0.4, -0.2) is 108 Å². The van der Waals surface area contributed by atoms with Gasteiger partial charge < -0.3 is 30.2 Å². The molecule has 2 unspecified atom stereocenters. The van der Waals surface area contributed by atoms with Gasteiger partial charge >= 0.3 is 0 Å². The van der Waals surface area contributed by atoms with Gasteiger partial charge in [-0.2, -0.15) is 0 Å². The first-order valence-corrected chi connectivity index (χ1v) is 20.3. The van der Waals surface area contributed by atoms with Crippen LogP contribution in [0.5, 0.6) is 0 Å². The Morgan fingerprint density at radius 1 is 1.00 bits per heavy atom. The number of carbonyl (C=O) groups excluding carboxylic acids is 3. The van der Waals surface area contributed by atoms with Crippen LogP contribution in [0, 0.1) is 5.82 Å². The number of nitrogens with zero attached hydrogens (tertiary/aromatic N) is 6. The fourth-order valence-corrected chi connectivity index (χ4v) is 9.36. The van der Waals surface area contributed by atoms with Crippen molar-refractivity contribution in [2.75, 3.05) is 50.5 Å². The van der Waals surface area contributed by atoms with Crippen LogP contribution < -0.4 is 20.9 Å². The monoisotopic (exact) mass is 769 g/mol. The minimum absolute atomic E-state index is 0.00376. The van der Waals surface area contributed by atoms with Gasteiger partial charge in [0.1, 0.15) is 23.0 Å². The highest BCUT2D eigenvalue weighted by atomic mass is 19.1. The number of alkyl halides is 1. The highest BCUT2D eigenvalue weighted by Crippen LogP contribution is 2.38. The van der Waals surface area contributed by atoms with Gasteiger partial charge in [0.2, 0.25) is 17.8 Å². The number of likely N-dealkylation sites (tertiary alicyclic amines) is 1. The van der Waals surface area contributed by atoms with Gasteiger partial charge in [0.25, 0.3) is 5.91 Å². The summed E-state index contributed by atoms with van der Waals surface area (Å²) >= 11 is 0. The number of guanidine groups is 1. The normalized spacial score (nSPS) is 24.5. The molecule has 298 valence electrons. The van der Waals surface area contributed by atoms with Crippen molar-refractivity contribution in [1.29, 1.82) is 0 Å². The zero-order valence-electron chi connectivity index (χ0n) is 32.4. The molecule has 0 spiro atoms. The number of halogens is 2. The number of aromatic nitrogens is 1. The second-order valence-corrected chi connectivity index (χ2v) is 16.5. The molecular formula is C42H53F2N9O3. The highest BCUT2D eigenvalue weighted by Gasteiger charge is 2.41. The number of amides is 3. The number of hydrogen-bond acceptors (Lipinski definition) is 10. The van der Waals surface area contributed by atoms with Crippen molar-refractivity contribution in [2.45, 2.75) is 107 Å². The molecule has 0 radical (unpaired) electrons. The summed E-state index contributed by atoms with van der Waals surface area (Å²) in [5.41, 5.74) is 2.43. The SMILES string of the molecule is CN(C)C(=O)C1=CC2=CNC(Nc3ccc(N4CCC(N5CCC(F)(CCc6ccc(C7CCC(=O)NC7=O)cc6F)CC5)CC4)cn3)=NC2N1C1CCCC1. The van der Waals surface area contributed by atoms with E-state index in [1.165, 1.54) is 6.07 Å². The van der Waals surface area contributed by atoms with Crippen LogP contribution in [0.25, 0.3) is 0 Å². The van der Waals surface area contributed by atoms with Crippen molar-refractivity contribution >= 4 is 35.2 Å². The van der Waals surface area contributed by atoms with Gasteiger partial charge in [-0.3, -0.25) is 19.7 Å². The number of piperidine rings is 3. The number of aryl methyl sites for hydroxylation is 1. The second kappa shape index (κ2) is 16.0. The van der Waals surface area contributed by atoms with Gasteiger partial charge in [0, 0.05) is 70.6 Å². The molecule has 14 heteroatoms. The third kappa shape index (κ3) is 8.03. The Labute approximate surface area is 327 Å². The first-order chi connectivity index (χ1) is 27.0. The standard InChI is InChI=1S/C42H53F2N9O3/c1-50(2)40(56)35-24-29-25-46-41(49-38(29)53(35)31-5-3-4-6-31)47-36-11-9-32(26-45-36)51-19-14-30(15-20-51)52-21-17-42(44,18-22-52)16-13-27-7-8-28(23-34(27)43)33-10-12-37(54)48-39(33)55/h7-9,11,23-26,30-31,33,38H,3-6,10,12-22H2,1-2H3,(H,48,54,55)(H2,45,46,47,49). The Kier molecular flexibility index (Phi) is 10.8. The van der Waals surface area contributed by atoms with Crippen molar-refractivity contribution < 1.29 is 23.2 Å². The van der Waals surface area contributed by atoms with Crippen LogP contribution in [0.3, 0.4) is 0 Å². The summed E-state index contributed by atoms with van der Waals surface area (Å²) in [6.07, 6.45) is 14.0. The number of benzene rings is 1. The fourth-order valence-electron chi connectivity index (χ4n) is 9.36. The largest absolute Gasteiger partial charge is 0.370 e. The lowest BCUT2D eigenvalue weighted by atomic mass is 9.85. The number of rotatable bonds is 9. The van der Waals surface area contributed by atoms with Crippen LogP contribution >= 0.6 is 0 Å². The third-order valence-electron chi connectivity index (χ3n) is 12.7. The zero-order valence-corrected chi connectivity index (χ0v) is 32.4. The Hall–Kier alpha value is -4.85. The van der Waals surface area contributed by atoms with Gasteiger partial charge in [-0.05, 0) is 93.2 Å². The molecule has 0 bridgehead atoms. The Bertz CT molecular complexity index is 1910. The number of aliphatic imine (C=N–C) groups is 1. The molecule has 6 aliphatic rings. The van der Waals surface area contributed by atoms with Gasteiger partial charge in [0.05, 0.1) is 17.8 Å². The summed E-state index contributed by atoms with van der Waals surface area (Å²) in [5, 5.41) is 8.92. The van der Waals surface area contributed by atoms with Crippen molar-refractivity contribution in [3.8, 4) is 0 Å². The van der Waals surface area contributed by atoms with E-state index in [2.05, 4.69) is 36.7 Å². The first-order valence-electron chi connectivity index (χ1n) is 20.3.